The molecule has 1 aromatic carbocycles. The summed E-state index contributed by atoms with van der Waals surface area (Å²) in [5, 5.41) is 0. The maximum Gasteiger partial charge on any atom is 0.167 e. The molecular weight excluding hydrogens is 294 g/mol. The van der Waals surface area contributed by atoms with E-state index in [-0.39, 0.29) is 22.8 Å². The minimum absolute atomic E-state index is 0.0699. The predicted octanol–water partition coefficient (Wildman–Crippen LogP) is 3.28. The van der Waals surface area contributed by atoms with E-state index in [9.17, 15) is 8.78 Å². The fourth-order valence-corrected chi connectivity index (χ4v) is 2.64. The molecule has 5 heteroatoms. The van der Waals surface area contributed by atoms with Crippen LogP contribution in [-0.2, 0) is 4.74 Å². The summed E-state index contributed by atoms with van der Waals surface area (Å²) >= 11 is 3.45. The molecule has 1 aromatic rings. The average molecular weight is 307 g/mol. The molecule has 0 radical (unpaired) electrons. The molecule has 1 aliphatic rings. The first-order valence-corrected chi connectivity index (χ1v) is 6.40. The van der Waals surface area contributed by atoms with E-state index in [0.29, 0.717) is 6.61 Å². The highest BCUT2D eigenvalue weighted by Gasteiger charge is 2.42. The second-order valence-corrected chi connectivity index (χ2v) is 5.08. The summed E-state index contributed by atoms with van der Waals surface area (Å²) in [6.07, 6.45) is 0.491. The lowest BCUT2D eigenvalue weighted by atomic mass is 9.91. The third-order valence-electron chi connectivity index (χ3n) is 2.71. The zero-order valence-corrected chi connectivity index (χ0v) is 10.9. The normalized spacial score (nSPS) is 27.6. The van der Waals surface area contributed by atoms with Crippen molar-refractivity contribution in [3.63, 3.8) is 0 Å². The Morgan fingerprint density at radius 3 is 2.76 bits per heavy atom. The minimum atomic E-state index is -0.682. The van der Waals surface area contributed by atoms with Crippen molar-refractivity contribution in [1.29, 1.82) is 0 Å². The van der Waals surface area contributed by atoms with Crippen LogP contribution >= 0.6 is 15.9 Å². The summed E-state index contributed by atoms with van der Waals surface area (Å²) in [7, 11) is 0. The Morgan fingerprint density at radius 2 is 2.18 bits per heavy atom. The highest BCUT2D eigenvalue weighted by atomic mass is 79.9. The lowest BCUT2D eigenvalue weighted by Crippen LogP contribution is -2.52. The summed E-state index contributed by atoms with van der Waals surface area (Å²) in [4.78, 5) is 0.232. The van der Waals surface area contributed by atoms with Gasteiger partial charge in [-0.25, -0.2) is 8.78 Å². The molecule has 0 aromatic heterocycles. The number of hydrogen-bond donors (Lipinski definition) is 0. The Kier molecular flexibility index (Phi) is 3.99. The van der Waals surface area contributed by atoms with Gasteiger partial charge in [-0.1, -0.05) is 15.9 Å². The van der Waals surface area contributed by atoms with Crippen LogP contribution in [0.4, 0.5) is 8.78 Å². The van der Waals surface area contributed by atoms with Crippen molar-refractivity contribution in [2.24, 2.45) is 0 Å². The fourth-order valence-electron chi connectivity index (χ4n) is 1.78. The molecular formula is C12H13BrF2O2. The maximum atomic E-state index is 13.4. The Bertz CT molecular complexity index is 400. The average Bonchev–Trinajstić information content (AvgIpc) is 2.28. The van der Waals surface area contributed by atoms with E-state index in [1.807, 2.05) is 6.92 Å². The molecule has 0 heterocycles. The van der Waals surface area contributed by atoms with Crippen molar-refractivity contribution in [3.05, 3.63) is 29.8 Å². The minimum Gasteiger partial charge on any atom is -0.485 e. The van der Waals surface area contributed by atoms with E-state index < -0.39 is 11.6 Å². The lowest BCUT2D eigenvalue weighted by molar-refractivity contribution is -0.0734. The van der Waals surface area contributed by atoms with E-state index in [4.69, 9.17) is 9.47 Å². The molecule has 0 aliphatic heterocycles. The van der Waals surface area contributed by atoms with Crippen LogP contribution in [0.5, 0.6) is 5.75 Å². The maximum absolute atomic E-state index is 13.4. The standard InChI is InChI=1S/C12H13BrF2O2/c1-2-16-12-8(13)6-11(12)17-10-4-3-7(14)5-9(10)15/h3-5,8,11-12H,2,6H2,1H3. The largest absolute Gasteiger partial charge is 0.485 e. The summed E-state index contributed by atoms with van der Waals surface area (Å²) in [6.45, 7) is 2.48. The molecule has 17 heavy (non-hydrogen) atoms. The molecule has 0 bridgehead atoms. The number of ether oxygens (including phenoxy) is 2. The van der Waals surface area contributed by atoms with Gasteiger partial charge in [0.15, 0.2) is 11.6 Å². The quantitative estimate of drug-likeness (QED) is 0.795. The van der Waals surface area contributed by atoms with Crippen LogP contribution < -0.4 is 4.74 Å². The summed E-state index contributed by atoms with van der Waals surface area (Å²) < 4.78 is 37.0. The third-order valence-corrected chi connectivity index (χ3v) is 3.61. The lowest BCUT2D eigenvalue weighted by Gasteiger charge is -2.40. The molecule has 2 rings (SSSR count). The SMILES string of the molecule is CCOC1C(Br)CC1Oc1ccc(F)cc1F. The fraction of sp³-hybridized carbons (Fsp3) is 0.500. The van der Waals surface area contributed by atoms with Crippen molar-refractivity contribution >= 4 is 15.9 Å². The van der Waals surface area contributed by atoms with Gasteiger partial charge < -0.3 is 9.47 Å². The van der Waals surface area contributed by atoms with Gasteiger partial charge in [0.2, 0.25) is 0 Å². The second kappa shape index (κ2) is 5.31. The van der Waals surface area contributed by atoms with Crippen LogP contribution in [0.25, 0.3) is 0 Å². The highest BCUT2D eigenvalue weighted by molar-refractivity contribution is 9.09. The van der Waals surface area contributed by atoms with Crippen molar-refractivity contribution in [2.75, 3.05) is 6.61 Å². The first-order valence-electron chi connectivity index (χ1n) is 5.49. The zero-order valence-electron chi connectivity index (χ0n) is 9.33. The van der Waals surface area contributed by atoms with Gasteiger partial charge in [0.1, 0.15) is 18.0 Å². The van der Waals surface area contributed by atoms with Crippen LogP contribution in [0.1, 0.15) is 13.3 Å². The number of rotatable bonds is 4. The molecule has 94 valence electrons. The van der Waals surface area contributed by atoms with Crippen LogP contribution in [-0.4, -0.2) is 23.6 Å². The second-order valence-electron chi connectivity index (χ2n) is 3.90. The van der Waals surface area contributed by atoms with Gasteiger partial charge in [-0.3, -0.25) is 0 Å². The monoisotopic (exact) mass is 306 g/mol. The Labute approximate surface area is 107 Å². The Morgan fingerprint density at radius 1 is 1.41 bits per heavy atom. The van der Waals surface area contributed by atoms with E-state index in [0.717, 1.165) is 12.5 Å². The molecule has 1 fully saturated rings. The van der Waals surface area contributed by atoms with Crippen molar-refractivity contribution in [2.45, 2.75) is 30.4 Å². The van der Waals surface area contributed by atoms with E-state index in [1.54, 1.807) is 0 Å². The number of alkyl halides is 1. The van der Waals surface area contributed by atoms with Crippen molar-refractivity contribution < 1.29 is 18.3 Å². The first kappa shape index (κ1) is 12.8. The molecule has 0 saturated heterocycles. The first-order chi connectivity index (χ1) is 8.11. The molecule has 0 amide bonds. The van der Waals surface area contributed by atoms with Crippen LogP contribution in [0.3, 0.4) is 0 Å². The van der Waals surface area contributed by atoms with Crippen LogP contribution in [0.15, 0.2) is 18.2 Å². The molecule has 3 unspecified atom stereocenters. The molecule has 0 N–H and O–H groups in total. The van der Waals surface area contributed by atoms with E-state index in [1.165, 1.54) is 12.1 Å². The smallest absolute Gasteiger partial charge is 0.167 e. The zero-order chi connectivity index (χ0) is 12.4. The number of halogens is 3. The summed E-state index contributed by atoms with van der Waals surface area (Å²) in [5.41, 5.74) is 0. The third kappa shape index (κ3) is 2.77. The molecule has 0 spiro atoms. The van der Waals surface area contributed by atoms with Gasteiger partial charge in [0.25, 0.3) is 0 Å². The van der Waals surface area contributed by atoms with Crippen molar-refractivity contribution in [3.8, 4) is 5.75 Å². The van der Waals surface area contributed by atoms with E-state index in [2.05, 4.69) is 15.9 Å². The van der Waals surface area contributed by atoms with E-state index >= 15 is 0 Å². The summed E-state index contributed by atoms with van der Waals surface area (Å²) in [6, 6.07) is 3.29. The highest BCUT2D eigenvalue weighted by Crippen LogP contribution is 2.34. The van der Waals surface area contributed by atoms with Gasteiger partial charge in [-0.2, -0.15) is 0 Å². The molecule has 1 aliphatic carbocycles. The van der Waals surface area contributed by atoms with Gasteiger partial charge in [0.05, 0.1) is 0 Å². The van der Waals surface area contributed by atoms with Gasteiger partial charge >= 0.3 is 0 Å². The topological polar surface area (TPSA) is 18.5 Å². The van der Waals surface area contributed by atoms with Gasteiger partial charge in [0, 0.05) is 23.9 Å². The van der Waals surface area contributed by atoms with Crippen LogP contribution in [0.2, 0.25) is 0 Å². The Hall–Kier alpha value is -0.680. The number of hydrogen-bond acceptors (Lipinski definition) is 2. The molecule has 1 saturated carbocycles. The molecule has 3 atom stereocenters. The molecule has 2 nitrogen and oxygen atoms in total. The van der Waals surface area contributed by atoms with Crippen LogP contribution in [0, 0.1) is 11.6 Å². The van der Waals surface area contributed by atoms with Crippen molar-refractivity contribution in [1.82, 2.24) is 0 Å². The van der Waals surface area contributed by atoms with Gasteiger partial charge in [-0.05, 0) is 19.1 Å². The number of benzene rings is 1. The summed E-state index contributed by atoms with van der Waals surface area (Å²) in [5.74, 6) is -1.22. The van der Waals surface area contributed by atoms with Gasteiger partial charge in [-0.15, -0.1) is 0 Å². The predicted molar refractivity (Wildman–Crippen MR) is 63.5 cm³/mol. The Balaban J connectivity index is 2.01.